The second-order valence-electron chi connectivity index (χ2n) is 5.29. The van der Waals surface area contributed by atoms with Gasteiger partial charge in [0.2, 0.25) is 0 Å². The molecular weight excluding hydrogens is 329 g/mol. The Hall–Kier alpha value is -1.43. The number of benzene rings is 1. The second kappa shape index (κ2) is 5.52. The van der Waals surface area contributed by atoms with E-state index in [4.69, 9.17) is 0 Å². The number of carbonyl (C=O) groups excluding carboxylic acids is 1. The molecule has 1 aliphatic heterocycles. The molecule has 0 aliphatic carbocycles. The summed E-state index contributed by atoms with van der Waals surface area (Å²) >= 11 is 3.17. The molecule has 4 nitrogen and oxygen atoms in total. The van der Waals surface area contributed by atoms with Gasteiger partial charge in [0.15, 0.2) is 0 Å². The first-order chi connectivity index (χ1) is 9.35. The first kappa shape index (κ1) is 15.0. The molecule has 2 rings (SSSR count). The maximum atomic E-state index is 13.8. The van der Waals surface area contributed by atoms with Gasteiger partial charge in [-0.05, 0) is 47.8 Å². The van der Waals surface area contributed by atoms with Gasteiger partial charge < -0.3 is 10.0 Å². The second-order valence-corrected chi connectivity index (χ2v) is 6.15. The number of aliphatic carboxylic acids is 1. The summed E-state index contributed by atoms with van der Waals surface area (Å²) in [6.07, 6.45) is 1.12. The highest BCUT2D eigenvalue weighted by atomic mass is 79.9. The molecule has 1 heterocycles. The lowest BCUT2D eigenvalue weighted by molar-refractivity contribution is -0.150. The van der Waals surface area contributed by atoms with Crippen LogP contribution in [0.5, 0.6) is 0 Å². The van der Waals surface area contributed by atoms with Crippen LogP contribution in [-0.2, 0) is 4.79 Å². The molecule has 1 atom stereocenters. The molecular formula is C14H15BrFNO3. The van der Waals surface area contributed by atoms with Gasteiger partial charge in [-0.1, -0.05) is 6.07 Å². The Labute approximate surface area is 124 Å². The van der Waals surface area contributed by atoms with E-state index >= 15 is 0 Å². The Morgan fingerprint density at radius 1 is 1.45 bits per heavy atom. The molecule has 1 fully saturated rings. The lowest BCUT2D eigenvalue weighted by Crippen LogP contribution is -2.48. The van der Waals surface area contributed by atoms with Crippen molar-refractivity contribution >= 4 is 27.8 Å². The highest BCUT2D eigenvalue weighted by molar-refractivity contribution is 9.10. The van der Waals surface area contributed by atoms with Crippen molar-refractivity contribution in [1.29, 1.82) is 0 Å². The zero-order chi connectivity index (χ0) is 14.9. The summed E-state index contributed by atoms with van der Waals surface area (Å²) in [4.78, 5) is 25.1. The van der Waals surface area contributed by atoms with Crippen molar-refractivity contribution in [3.8, 4) is 0 Å². The van der Waals surface area contributed by atoms with Gasteiger partial charge in [0.05, 0.1) is 11.0 Å². The van der Waals surface area contributed by atoms with Gasteiger partial charge in [-0.25, -0.2) is 4.39 Å². The fourth-order valence-electron chi connectivity index (χ4n) is 2.45. The van der Waals surface area contributed by atoms with E-state index in [2.05, 4.69) is 15.9 Å². The lowest BCUT2D eigenvalue weighted by Gasteiger charge is -2.37. The minimum atomic E-state index is -0.967. The van der Waals surface area contributed by atoms with Crippen LogP contribution in [0.4, 0.5) is 4.39 Å². The van der Waals surface area contributed by atoms with Crippen LogP contribution in [0.25, 0.3) is 0 Å². The summed E-state index contributed by atoms with van der Waals surface area (Å²) in [7, 11) is 0. The Morgan fingerprint density at radius 2 is 2.15 bits per heavy atom. The number of hydrogen-bond acceptors (Lipinski definition) is 2. The first-order valence-corrected chi connectivity index (χ1v) is 7.11. The molecule has 108 valence electrons. The Balaban J connectivity index is 2.28. The fourth-order valence-corrected chi connectivity index (χ4v) is 2.96. The van der Waals surface area contributed by atoms with Crippen LogP contribution >= 0.6 is 15.9 Å². The van der Waals surface area contributed by atoms with Crippen LogP contribution in [0, 0.1) is 11.2 Å². The maximum absolute atomic E-state index is 13.8. The zero-order valence-electron chi connectivity index (χ0n) is 11.0. The number of piperidine rings is 1. The summed E-state index contributed by atoms with van der Waals surface area (Å²) in [5, 5.41) is 9.26. The van der Waals surface area contributed by atoms with Crippen molar-refractivity contribution in [2.45, 2.75) is 19.8 Å². The number of nitrogens with zero attached hydrogens (tertiary/aromatic N) is 1. The molecule has 1 aromatic carbocycles. The quantitative estimate of drug-likeness (QED) is 0.898. The smallest absolute Gasteiger partial charge is 0.311 e. The largest absolute Gasteiger partial charge is 0.481 e. The molecule has 1 aliphatic rings. The van der Waals surface area contributed by atoms with Gasteiger partial charge in [0, 0.05) is 17.6 Å². The van der Waals surface area contributed by atoms with Crippen molar-refractivity contribution < 1.29 is 19.1 Å². The van der Waals surface area contributed by atoms with E-state index in [0.717, 1.165) is 0 Å². The molecule has 20 heavy (non-hydrogen) atoms. The Bertz CT molecular complexity index is 543. The van der Waals surface area contributed by atoms with E-state index in [9.17, 15) is 19.1 Å². The Kier molecular flexibility index (Phi) is 4.13. The van der Waals surface area contributed by atoms with Gasteiger partial charge in [0.1, 0.15) is 5.82 Å². The highest BCUT2D eigenvalue weighted by Crippen LogP contribution is 2.31. The standard InChI is InChI=1S/C14H15BrFNO3/c1-14(13(19)20)6-3-7-17(8-14)12(18)11-9(15)4-2-5-10(11)16/h2,4-5H,3,6-8H2,1H3,(H,19,20). The van der Waals surface area contributed by atoms with Gasteiger partial charge >= 0.3 is 5.97 Å². The Morgan fingerprint density at radius 3 is 2.75 bits per heavy atom. The number of carboxylic acid groups (broad SMARTS) is 1. The number of carbonyl (C=O) groups is 2. The van der Waals surface area contributed by atoms with E-state index in [-0.39, 0.29) is 12.1 Å². The predicted octanol–water partition coefficient (Wildman–Crippen LogP) is 2.92. The van der Waals surface area contributed by atoms with Crippen LogP contribution in [0.2, 0.25) is 0 Å². The summed E-state index contributed by atoms with van der Waals surface area (Å²) in [6.45, 7) is 2.16. The molecule has 0 aromatic heterocycles. The van der Waals surface area contributed by atoms with E-state index in [0.29, 0.717) is 23.9 Å². The van der Waals surface area contributed by atoms with Crippen molar-refractivity contribution in [3.05, 3.63) is 34.1 Å². The maximum Gasteiger partial charge on any atom is 0.311 e. The number of halogens is 2. The number of likely N-dealkylation sites (tertiary alicyclic amines) is 1. The van der Waals surface area contributed by atoms with E-state index in [1.165, 1.54) is 17.0 Å². The van der Waals surface area contributed by atoms with Crippen molar-refractivity contribution in [3.63, 3.8) is 0 Å². The van der Waals surface area contributed by atoms with E-state index < -0.39 is 23.1 Å². The monoisotopic (exact) mass is 343 g/mol. The van der Waals surface area contributed by atoms with E-state index in [1.54, 1.807) is 13.0 Å². The average molecular weight is 344 g/mol. The van der Waals surface area contributed by atoms with Crippen molar-refractivity contribution in [1.82, 2.24) is 4.90 Å². The summed E-state index contributed by atoms with van der Waals surface area (Å²) in [6, 6.07) is 4.32. The van der Waals surface area contributed by atoms with Crippen LogP contribution in [-0.4, -0.2) is 35.0 Å². The predicted molar refractivity (Wildman–Crippen MR) is 75.0 cm³/mol. The summed E-state index contributed by atoms with van der Waals surface area (Å²) in [5.74, 6) is -2.00. The average Bonchev–Trinajstić information content (AvgIpc) is 2.38. The van der Waals surface area contributed by atoms with Gasteiger partial charge in [-0.3, -0.25) is 9.59 Å². The highest BCUT2D eigenvalue weighted by Gasteiger charge is 2.40. The fraction of sp³-hybridized carbons (Fsp3) is 0.429. The topological polar surface area (TPSA) is 57.6 Å². The summed E-state index contributed by atoms with van der Waals surface area (Å²) < 4.78 is 14.2. The van der Waals surface area contributed by atoms with Crippen LogP contribution in [0.3, 0.4) is 0 Å². The number of hydrogen-bond donors (Lipinski definition) is 1. The number of amides is 1. The third-order valence-electron chi connectivity index (χ3n) is 3.68. The molecule has 1 N–H and O–H groups in total. The number of carboxylic acids is 1. The normalized spacial score (nSPS) is 22.6. The first-order valence-electron chi connectivity index (χ1n) is 6.32. The zero-order valence-corrected chi connectivity index (χ0v) is 12.6. The molecule has 1 saturated heterocycles. The van der Waals surface area contributed by atoms with E-state index in [1.807, 2.05) is 0 Å². The molecule has 0 saturated carbocycles. The molecule has 0 bridgehead atoms. The van der Waals surface area contributed by atoms with Crippen LogP contribution < -0.4 is 0 Å². The van der Waals surface area contributed by atoms with Crippen molar-refractivity contribution in [2.75, 3.05) is 13.1 Å². The SMILES string of the molecule is CC1(C(=O)O)CCCN(C(=O)c2c(F)cccc2Br)C1. The molecule has 1 aromatic rings. The van der Waals surface area contributed by atoms with Gasteiger partial charge in [0.25, 0.3) is 5.91 Å². The van der Waals surface area contributed by atoms with Gasteiger partial charge in [-0.15, -0.1) is 0 Å². The lowest BCUT2D eigenvalue weighted by atomic mass is 9.82. The van der Waals surface area contributed by atoms with Crippen molar-refractivity contribution in [2.24, 2.45) is 5.41 Å². The van der Waals surface area contributed by atoms with Crippen LogP contribution in [0.1, 0.15) is 30.1 Å². The molecule has 6 heteroatoms. The molecule has 1 unspecified atom stereocenters. The molecule has 1 amide bonds. The van der Waals surface area contributed by atoms with Gasteiger partial charge in [-0.2, -0.15) is 0 Å². The minimum absolute atomic E-state index is 0.0397. The third-order valence-corrected chi connectivity index (χ3v) is 4.34. The minimum Gasteiger partial charge on any atom is -0.481 e. The molecule has 0 spiro atoms. The van der Waals surface area contributed by atoms with Crippen LogP contribution in [0.15, 0.2) is 22.7 Å². The third kappa shape index (κ3) is 2.70. The number of rotatable bonds is 2. The molecule has 0 radical (unpaired) electrons. The summed E-state index contributed by atoms with van der Waals surface area (Å²) in [5.41, 5.74) is -1.01.